The number of rotatable bonds is 9. The Kier molecular flexibility index (Phi) is 7.42. The van der Waals surface area contributed by atoms with Crippen LogP contribution in [0.25, 0.3) is 0 Å². The highest BCUT2D eigenvalue weighted by molar-refractivity contribution is 7.87. The molecule has 0 heterocycles. The molecule has 108 valence electrons. The number of hydrogen-bond donors (Lipinski definition) is 2. The van der Waals surface area contributed by atoms with E-state index in [1.54, 1.807) is 0 Å². The Morgan fingerprint density at radius 1 is 1.33 bits per heavy atom. The minimum Gasteiger partial charge on any atom is -0.481 e. The maximum atomic E-state index is 11.9. The second-order valence-corrected chi connectivity index (χ2v) is 6.26. The summed E-state index contributed by atoms with van der Waals surface area (Å²) in [6.07, 6.45) is 1.61. The zero-order chi connectivity index (χ0) is 14.3. The topological polar surface area (TPSA) is 86.7 Å². The van der Waals surface area contributed by atoms with Crippen molar-refractivity contribution in [1.29, 1.82) is 0 Å². The zero-order valence-corrected chi connectivity index (χ0v) is 12.3. The Morgan fingerprint density at radius 2 is 1.83 bits per heavy atom. The molecular formula is C11H24N2O4S. The van der Waals surface area contributed by atoms with E-state index >= 15 is 0 Å². The summed E-state index contributed by atoms with van der Waals surface area (Å²) in [6, 6.07) is -0.155. The highest BCUT2D eigenvalue weighted by atomic mass is 32.2. The molecule has 1 atom stereocenters. The van der Waals surface area contributed by atoms with Crippen molar-refractivity contribution < 1.29 is 18.3 Å². The predicted molar refractivity (Wildman–Crippen MR) is 70.5 cm³/mol. The summed E-state index contributed by atoms with van der Waals surface area (Å²) in [5.74, 6) is -0.724. The first-order valence-corrected chi connectivity index (χ1v) is 7.63. The van der Waals surface area contributed by atoms with Crippen LogP contribution in [0.4, 0.5) is 0 Å². The molecule has 0 aromatic heterocycles. The van der Waals surface area contributed by atoms with E-state index in [1.807, 2.05) is 20.8 Å². The van der Waals surface area contributed by atoms with Crippen LogP contribution in [0.2, 0.25) is 0 Å². The standard InChI is InChI=1S/C11H24N2O4S/c1-5-10(6-2)9(3)12-18(16,17)13(4)8-7-11(14)15/h9-10,12H,5-8H2,1-4H3,(H,14,15). The van der Waals surface area contributed by atoms with Gasteiger partial charge in [0, 0.05) is 19.6 Å². The summed E-state index contributed by atoms with van der Waals surface area (Å²) >= 11 is 0. The van der Waals surface area contributed by atoms with E-state index in [0.717, 1.165) is 17.1 Å². The van der Waals surface area contributed by atoms with Gasteiger partial charge >= 0.3 is 5.97 Å². The van der Waals surface area contributed by atoms with Crippen molar-refractivity contribution in [3.05, 3.63) is 0 Å². The number of carboxylic acid groups (broad SMARTS) is 1. The molecule has 0 bridgehead atoms. The third-order valence-corrected chi connectivity index (χ3v) is 4.81. The van der Waals surface area contributed by atoms with E-state index in [0.29, 0.717) is 0 Å². The third kappa shape index (κ3) is 5.79. The van der Waals surface area contributed by atoms with Gasteiger partial charge in [0.15, 0.2) is 0 Å². The van der Waals surface area contributed by atoms with E-state index in [9.17, 15) is 13.2 Å². The average molecular weight is 280 g/mol. The Hall–Kier alpha value is -0.660. The van der Waals surface area contributed by atoms with Crippen molar-refractivity contribution in [2.45, 2.75) is 46.1 Å². The van der Waals surface area contributed by atoms with Gasteiger partial charge in [-0.15, -0.1) is 0 Å². The average Bonchev–Trinajstić information content (AvgIpc) is 2.26. The van der Waals surface area contributed by atoms with Crippen molar-refractivity contribution in [2.75, 3.05) is 13.6 Å². The van der Waals surface area contributed by atoms with Crippen LogP contribution in [0, 0.1) is 5.92 Å². The molecule has 0 aromatic carbocycles. The third-order valence-electron chi connectivity index (χ3n) is 3.14. The molecule has 0 spiro atoms. The lowest BCUT2D eigenvalue weighted by atomic mass is 9.96. The fraction of sp³-hybridized carbons (Fsp3) is 0.909. The molecule has 1 unspecified atom stereocenters. The van der Waals surface area contributed by atoms with Crippen molar-refractivity contribution >= 4 is 16.2 Å². The molecule has 0 amide bonds. The number of carbonyl (C=O) groups is 1. The maximum absolute atomic E-state index is 11.9. The first-order chi connectivity index (χ1) is 8.24. The Labute approximate surface area is 110 Å². The molecule has 0 saturated heterocycles. The minimum absolute atomic E-state index is 0.0275. The van der Waals surface area contributed by atoms with Crippen LogP contribution < -0.4 is 4.72 Å². The fourth-order valence-corrected chi connectivity index (χ4v) is 2.96. The molecule has 7 heteroatoms. The molecule has 0 aliphatic heterocycles. The lowest BCUT2D eigenvalue weighted by Gasteiger charge is -2.25. The molecule has 0 aliphatic carbocycles. The van der Waals surface area contributed by atoms with E-state index < -0.39 is 16.2 Å². The van der Waals surface area contributed by atoms with Crippen LogP contribution in [0.15, 0.2) is 0 Å². The molecule has 6 nitrogen and oxygen atoms in total. The van der Waals surface area contributed by atoms with Crippen LogP contribution in [-0.2, 0) is 15.0 Å². The first-order valence-electron chi connectivity index (χ1n) is 6.19. The maximum Gasteiger partial charge on any atom is 0.304 e. The molecule has 0 rings (SSSR count). The van der Waals surface area contributed by atoms with E-state index in [1.165, 1.54) is 7.05 Å². The van der Waals surface area contributed by atoms with E-state index in [2.05, 4.69) is 4.72 Å². The molecule has 0 fully saturated rings. The van der Waals surface area contributed by atoms with Gasteiger partial charge in [-0.05, 0) is 12.8 Å². The molecular weight excluding hydrogens is 256 g/mol. The van der Waals surface area contributed by atoms with Gasteiger partial charge in [-0.25, -0.2) is 0 Å². The number of nitrogens with one attached hydrogen (secondary N) is 1. The Balaban J connectivity index is 4.50. The lowest BCUT2D eigenvalue weighted by Crippen LogP contribution is -2.45. The van der Waals surface area contributed by atoms with Crippen LogP contribution >= 0.6 is 0 Å². The number of nitrogens with zero attached hydrogens (tertiary/aromatic N) is 1. The normalized spacial score (nSPS) is 14.1. The summed E-state index contributed by atoms with van der Waals surface area (Å²) < 4.78 is 27.5. The van der Waals surface area contributed by atoms with Gasteiger partial charge < -0.3 is 5.11 Å². The smallest absolute Gasteiger partial charge is 0.304 e. The first kappa shape index (κ1) is 17.3. The molecule has 0 aromatic rings. The summed E-state index contributed by atoms with van der Waals surface area (Å²) in [7, 11) is -2.22. The second kappa shape index (κ2) is 7.70. The van der Waals surface area contributed by atoms with E-state index in [4.69, 9.17) is 5.11 Å². The van der Waals surface area contributed by atoms with Crippen molar-refractivity contribution in [3.63, 3.8) is 0 Å². The largest absolute Gasteiger partial charge is 0.481 e. The molecule has 2 N–H and O–H groups in total. The number of carboxylic acids is 1. The van der Waals surface area contributed by atoms with Crippen molar-refractivity contribution in [3.8, 4) is 0 Å². The van der Waals surface area contributed by atoms with Crippen molar-refractivity contribution in [2.24, 2.45) is 5.92 Å². The summed E-state index contributed by atoms with van der Waals surface area (Å²) in [5, 5.41) is 8.53. The predicted octanol–water partition coefficient (Wildman–Crippen LogP) is 1.05. The van der Waals surface area contributed by atoms with Gasteiger partial charge in [-0.1, -0.05) is 26.7 Å². The monoisotopic (exact) mass is 280 g/mol. The number of hydrogen-bond acceptors (Lipinski definition) is 3. The quantitative estimate of drug-likeness (QED) is 0.661. The van der Waals surface area contributed by atoms with Crippen molar-refractivity contribution in [1.82, 2.24) is 9.03 Å². The fourth-order valence-electron chi connectivity index (χ4n) is 1.79. The second-order valence-electron chi connectivity index (χ2n) is 4.45. The van der Waals surface area contributed by atoms with Gasteiger partial charge in [-0.3, -0.25) is 4.79 Å². The summed E-state index contributed by atoms with van der Waals surface area (Å²) in [5.41, 5.74) is 0. The lowest BCUT2D eigenvalue weighted by molar-refractivity contribution is -0.137. The van der Waals surface area contributed by atoms with Gasteiger partial charge in [-0.2, -0.15) is 17.4 Å². The minimum atomic E-state index is -3.60. The highest BCUT2D eigenvalue weighted by Gasteiger charge is 2.23. The van der Waals surface area contributed by atoms with Gasteiger partial charge in [0.25, 0.3) is 10.2 Å². The van der Waals surface area contributed by atoms with Crippen LogP contribution in [-0.4, -0.2) is 43.4 Å². The van der Waals surface area contributed by atoms with Crippen LogP contribution in [0.1, 0.15) is 40.0 Å². The van der Waals surface area contributed by atoms with Crippen LogP contribution in [0.5, 0.6) is 0 Å². The van der Waals surface area contributed by atoms with Gasteiger partial charge in [0.05, 0.1) is 6.42 Å². The molecule has 0 saturated carbocycles. The molecule has 0 aliphatic rings. The highest BCUT2D eigenvalue weighted by Crippen LogP contribution is 2.14. The Morgan fingerprint density at radius 3 is 2.22 bits per heavy atom. The van der Waals surface area contributed by atoms with E-state index in [-0.39, 0.29) is 24.9 Å². The Bertz CT molecular complexity index is 352. The summed E-state index contributed by atoms with van der Waals surface area (Å²) in [4.78, 5) is 10.4. The SMILES string of the molecule is CCC(CC)C(C)NS(=O)(=O)N(C)CCC(=O)O. The molecule has 0 radical (unpaired) electrons. The zero-order valence-electron chi connectivity index (χ0n) is 11.5. The van der Waals surface area contributed by atoms with Gasteiger partial charge in [0.2, 0.25) is 0 Å². The number of aliphatic carboxylic acids is 1. The van der Waals surface area contributed by atoms with Gasteiger partial charge in [0.1, 0.15) is 0 Å². The van der Waals surface area contributed by atoms with Crippen LogP contribution in [0.3, 0.4) is 0 Å². The summed E-state index contributed by atoms with van der Waals surface area (Å²) in [6.45, 7) is 5.85. The molecule has 18 heavy (non-hydrogen) atoms.